The summed E-state index contributed by atoms with van der Waals surface area (Å²) in [7, 11) is 0. The number of thiazole rings is 1. The Labute approximate surface area is 192 Å². The number of hydrogen-bond donors (Lipinski definition) is 1. The number of rotatable bonds is 6. The van der Waals surface area contributed by atoms with E-state index in [0.717, 1.165) is 22.5 Å². The zero-order chi connectivity index (χ0) is 23.4. The predicted molar refractivity (Wildman–Crippen MR) is 126 cm³/mol. The highest BCUT2D eigenvalue weighted by Gasteiger charge is 2.20. The average Bonchev–Trinajstić information content (AvgIpc) is 3.49. The van der Waals surface area contributed by atoms with Gasteiger partial charge in [0.15, 0.2) is 5.76 Å². The van der Waals surface area contributed by atoms with Crippen LogP contribution in [0.15, 0.2) is 71.3 Å². The quantitative estimate of drug-likeness (QED) is 0.218. The fraction of sp³-hybridized carbons (Fsp3) is 0.0417. The van der Waals surface area contributed by atoms with Crippen LogP contribution in [0.2, 0.25) is 0 Å². The molecule has 0 saturated heterocycles. The number of allylic oxidation sites excluding steroid dienone is 1. The molecule has 0 aliphatic carbocycles. The number of furan rings is 1. The minimum absolute atomic E-state index is 0.119. The maximum Gasteiger partial charge on any atom is 0.292 e. The van der Waals surface area contributed by atoms with Crippen molar-refractivity contribution < 1.29 is 14.1 Å². The number of para-hydroxylation sites is 1. The van der Waals surface area contributed by atoms with Crippen LogP contribution in [-0.4, -0.2) is 15.8 Å². The van der Waals surface area contributed by atoms with Crippen LogP contribution in [0.3, 0.4) is 0 Å². The van der Waals surface area contributed by atoms with Crippen molar-refractivity contribution in [2.24, 2.45) is 0 Å². The molecule has 1 amide bonds. The molecular formula is C24H16N4O4S. The smallest absolute Gasteiger partial charge is 0.292 e. The number of nitrogens with one attached hydrogen (secondary N) is 1. The number of benzene rings is 2. The Morgan fingerprint density at radius 3 is 2.61 bits per heavy atom. The molecule has 162 valence electrons. The standard InChI is InChI=1S/C24H16N4O4S/c1-15-8-10-16(11-9-15)21-24(27-22(29)20-7-4-12-32-20)33-23(26-21)18(14-25)13-17-5-2-3-6-19(17)28(30)31/h2-13H,1H3,(H,27,29). The second kappa shape index (κ2) is 9.30. The number of nitro benzene ring substituents is 1. The van der Waals surface area contributed by atoms with Gasteiger partial charge in [-0.3, -0.25) is 14.9 Å². The summed E-state index contributed by atoms with van der Waals surface area (Å²) < 4.78 is 5.16. The normalized spacial score (nSPS) is 11.1. The molecule has 0 bridgehead atoms. The van der Waals surface area contributed by atoms with E-state index in [0.29, 0.717) is 15.7 Å². The number of nitrogens with zero attached hydrogens (tertiary/aromatic N) is 3. The first kappa shape index (κ1) is 21.7. The fourth-order valence-corrected chi connectivity index (χ4v) is 4.02. The minimum atomic E-state index is -0.505. The molecule has 0 atom stereocenters. The van der Waals surface area contributed by atoms with Gasteiger partial charge in [0.2, 0.25) is 0 Å². The molecule has 0 unspecified atom stereocenters. The van der Waals surface area contributed by atoms with E-state index in [4.69, 9.17) is 4.42 Å². The summed E-state index contributed by atoms with van der Waals surface area (Å²) in [6.45, 7) is 1.96. The van der Waals surface area contributed by atoms with E-state index < -0.39 is 10.8 Å². The van der Waals surface area contributed by atoms with Crippen molar-refractivity contribution >= 4 is 39.6 Å². The minimum Gasteiger partial charge on any atom is -0.459 e. The number of aryl methyl sites for hydroxylation is 1. The van der Waals surface area contributed by atoms with Gasteiger partial charge in [-0.1, -0.05) is 53.3 Å². The number of anilines is 1. The van der Waals surface area contributed by atoms with E-state index in [2.05, 4.69) is 16.4 Å². The van der Waals surface area contributed by atoms with Crippen molar-refractivity contribution in [2.45, 2.75) is 6.92 Å². The number of amides is 1. The lowest BCUT2D eigenvalue weighted by molar-refractivity contribution is -0.385. The highest BCUT2D eigenvalue weighted by molar-refractivity contribution is 7.17. The molecule has 4 aromatic rings. The number of carbonyl (C=O) groups is 1. The summed E-state index contributed by atoms with van der Waals surface area (Å²) in [4.78, 5) is 28.0. The summed E-state index contributed by atoms with van der Waals surface area (Å²) in [5.74, 6) is -0.319. The molecule has 1 N–H and O–H groups in total. The van der Waals surface area contributed by atoms with E-state index in [1.165, 1.54) is 24.5 Å². The number of hydrogen-bond acceptors (Lipinski definition) is 7. The predicted octanol–water partition coefficient (Wildman–Crippen LogP) is 5.94. The number of carbonyl (C=O) groups excluding carboxylic acids is 1. The van der Waals surface area contributed by atoms with E-state index in [-0.39, 0.29) is 22.6 Å². The third-order valence-electron chi connectivity index (χ3n) is 4.71. The molecule has 2 heterocycles. The first-order valence-corrected chi connectivity index (χ1v) is 10.6. The maximum absolute atomic E-state index is 12.6. The summed E-state index contributed by atoms with van der Waals surface area (Å²) >= 11 is 1.10. The summed E-state index contributed by atoms with van der Waals surface area (Å²) in [6, 6.07) is 18.9. The lowest BCUT2D eigenvalue weighted by Crippen LogP contribution is -2.10. The van der Waals surface area contributed by atoms with Gasteiger partial charge in [-0.2, -0.15) is 5.26 Å². The van der Waals surface area contributed by atoms with Gasteiger partial charge >= 0.3 is 0 Å². The Kier molecular flexibility index (Phi) is 6.11. The molecule has 0 radical (unpaired) electrons. The number of nitriles is 1. The van der Waals surface area contributed by atoms with Gasteiger partial charge in [-0.25, -0.2) is 4.98 Å². The first-order chi connectivity index (χ1) is 16.0. The van der Waals surface area contributed by atoms with Crippen LogP contribution < -0.4 is 5.32 Å². The maximum atomic E-state index is 12.6. The van der Waals surface area contributed by atoms with Gasteiger partial charge in [0.1, 0.15) is 21.8 Å². The van der Waals surface area contributed by atoms with Gasteiger partial charge in [-0.05, 0) is 31.2 Å². The van der Waals surface area contributed by atoms with Crippen LogP contribution >= 0.6 is 11.3 Å². The lowest BCUT2D eigenvalue weighted by Gasteiger charge is -2.04. The molecule has 2 aromatic carbocycles. The van der Waals surface area contributed by atoms with E-state index in [1.54, 1.807) is 24.3 Å². The Hall–Kier alpha value is -4.55. The topological polar surface area (TPSA) is 122 Å². The summed E-state index contributed by atoms with van der Waals surface area (Å²) in [5.41, 5.74) is 2.60. The molecule has 0 saturated carbocycles. The van der Waals surface area contributed by atoms with Gasteiger partial charge < -0.3 is 9.73 Å². The molecule has 2 aromatic heterocycles. The molecule has 8 nitrogen and oxygen atoms in total. The van der Waals surface area contributed by atoms with Crippen molar-refractivity contribution in [3.8, 4) is 17.3 Å². The highest BCUT2D eigenvalue weighted by Crippen LogP contribution is 2.37. The Bertz CT molecular complexity index is 1400. The van der Waals surface area contributed by atoms with Crippen molar-refractivity contribution in [1.82, 2.24) is 4.98 Å². The Morgan fingerprint density at radius 2 is 1.94 bits per heavy atom. The zero-order valence-electron chi connectivity index (χ0n) is 17.3. The molecule has 0 aliphatic rings. The zero-order valence-corrected chi connectivity index (χ0v) is 18.1. The monoisotopic (exact) mass is 456 g/mol. The largest absolute Gasteiger partial charge is 0.459 e. The van der Waals surface area contributed by atoms with E-state index in [9.17, 15) is 20.2 Å². The molecular weight excluding hydrogens is 440 g/mol. The van der Waals surface area contributed by atoms with Crippen LogP contribution in [0.5, 0.6) is 0 Å². The molecule has 33 heavy (non-hydrogen) atoms. The van der Waals surface area contributed by atoms with E-state index in [1.807, 2.05) is 31.2 Å². The molecule has 0 fully saturated rings. The fourth-order valence-electron chi connectivity index (χ4n) is 3.07. The molecule has 4 rings (SSSR count). The van der Waals surface area contributed by atoms with Crippen LogP contribution in [0.4, 0.5) is 10.7 Å². The summed E-state index contributed by atoms with van der Waals surface area (Å²) in [6.07, 6.45) is 2.82. The van der Waals surface area contributed by atoms with E-state index >= 15 is 0 Å². The second-order valence-corrected chi connectivity index (χ2v) is 7.98. The van der Waals surface area contributed by atoms with Crippen molar-refractivity contribution in [2.75, 3.05) is 5.32 Å². The molecule has 9 heteroatoms. The van der Waals surface area contributed by atoms with Crippen LogP contribution in [0.25, 0.3) is 22.9 Å². The summed E-state index contributed by atoms with van der Waals surface area (Å²) in [5, 5.41) is 24.7. The van der Waals surface area contributed by atoms with Crippen LogP contribution in [-0.2, 0) is 0 Å². The first-order valence-electron chi connectivity index (χ1n) is 9.74. The Morgan fingerprint density at radius 1 is 1.18 bits per heavy atom. The van der Waals surface area contributed by atoms with Crippen molar-refractivity contribution in [1.29, 1.82) is 5.26 Å². The third-order valence-corrected chi connectivity index (χ3v) is 5.71. The third kappa shape index (κ3) is 4.71. The number of nitro groups is 1. The number of aromatic nitrogens is 1. The average molecular weight is 456 g/mol. The van der Waals surface area contributed by atoms with Gasteiger partial charge in [0.05, 0.1) is 22.3 Å². The SMILES string of the molecule is Cc1ccc(-c2nc(C(C#N)=Cc3ccccc3[N+](=O)[O-])sc2NC(=O)c2ccco2)cc1. The van der Waals surface area contributed by atoms with Crippen LogP contribution in [0.1, 0.15) is 26.7 Å². The molecule has 0 spiro atoms. The van der Waals surface area contributed by atoms with Crippen LogP contribution in [0, 0.1) is 28.4 Å². The Balaban J connectivity index is 1.80. The van der Waals surface area contributed by atoms with Crippen molar-refractivity contribution in [3.63, 3.8) is 0 Å². The van der Waals surface area contributed by atoms with Gasteiger partial charge in [-0.15, -0.1) is 0 Å². The van der Waals surface area contributed by atoms with Gasteiger partial charge in [0, 0.05) is 11.6 Å². The lowest BCUT2D eigenvalue weighted by atomic mass is 10.1. The molecule has 0 aliphatic heterocycles. The second-order valence-electron chi connectivity index (χ2n) is 6.98. The van der Waals surface area contributed by atoms with Crippen molar-refractivity contribution in [3.05, 3.63) is 98.9 Å². The van der Waals surface area contributed by atoms with Gasteiger partial charge in [0.25, 0.3) is 11.6 Å². The highest BCUT2D eigenvalue weighted by atomic mass is 32.1.